The lowest BCUT2D eigenvalue weighted by molar-refractivity contribution is -0.133. The van der Waals surface area contributed by atoms with Crippen LogP contribution in [0.15, 0.2) is 6.20 Å². The first kappa shape index (κ1) is 23.4. The molecule has 0 radical (unpaired) electrons. The first-order valence-electron chi connectivity index (χ1n) is 13.4. The highest BCUT2D eigenvalue weighted by molar-refractivity contribution is 6.74. The van der Waals surface area contributed by atoms with E-state index >= 15 is 0 Å². The summed E-state index contributed by atoms with van der Waals surface area (Å²) >= 11 is 0. The van der Waals surface area contributed by atoms with E-state index in [4.69, 9.17) is 9.52 Å². The average Bonchev–Trinajstić information content (AvgIpc) is 3.16. The summed E-state index contributed by atoms with van der Waals surface area (Å²) in [5.74, 6) is 3.47. The zero-order valence-corrected chi connectivity index (χ0v) is 24.3. The lowest BCUT2D eigenvalue weighted by Gasteiger charge is -2.61. The van der Waals surface area contributed by atoms with Crippen LogP contribution in [0.3, 0.4) is 0 Å². The largest absolute Gasteiger partial charge is 0.412 e. The van der Waals surface area contributed by atoms with Crippen LogP contribution in [0, 0.1) is 34.5 Å². The summed E-state index contributed by atoms with van der Waals surface area (Å²) in [7, 11) is -2.99. The number of hydrogen-bond acceptors (Lipinski definition) is 2. The maximum absolute atomic E-state index is 6.98. The summed E-state index contributed by atoms with van der Waals surface area (Å²) in [5.41, 5.74) is 3.93. The van der Waals surface area contributed by atoms with E-state index in [0.717, 1.165) is 23.7 Å². The summed E-state index contributed by atoms with van der Waals surface area (Å²) < 4.78 is 9.36. The molecule has 0 saturated heterocycles. The van der Waals surface area contributed by atoms with Crippen molar-refractivity contribution in [1.82, 2.24) is 9.45 Å². The van der Waals surface area contributed by atoms with Gasteiger partial charge in [-0.05, 0) is 138 Å². The lowest BCUT2D eigenvalue weighted by Crippen LogP contribution is -2.58. The van der Waals surface area contributed by atoms with Crippen molar-refractivity contribution in [2.45, 2.75) is 117 Å². The number of hydrogen-bond donors (Lipinski definition) is 0. The predicted octanol–water partition coefficient (Wildman–Crippen LogP) is 7.13. The molecule has 5 unspecified atom stereocenters. The van der Waals surface area contributed by atoms with E-state index in [-0.39, 0.29) is 5.60 Å². The molecule has 32 heavy (non-hydrogen) atoms. The minimum Gasteiger partial charge on any atom is -0.412 e. The van der Waals surface area contributed by atoms with Gasteiger partial charge < -0.3 is 8.77 Å². The first-order chi connectivity index (χ1) is 14.7. The van der Waals surface area contributed by atoms with Gasteiger partial charge in [0.15, 0.2) is 16.6 Å². The first-order valence-corrected chi connectivity index (χ1v) is 20.3. The quantitative estimate of drug-likeness (QED) is 0.437. The molecule has 0 N–H and O–H groups in total. The summed E-state index contributed by atoms with van der Waals surface area (Å²) in [6.07, 6.45) is 13.2. The van der Waals surface area contributed by atoms with Gasteiger partial charge in [-0.2, -0.15) is 5.10 Å². The monoisotopic (exact) mass is 472 g/mol. The van der Waals surface area contributed by atoms with Gasteiger partial charge >= 0.3 is 0 Å². The third-order valence-electron chi connectivity index (χ3n) is 10.7. The highest BCUT2D eigenvalue weighted by Gasteiger charge is 2.64. The maximum atomic E-state index is 6.98. The topological polar surface area (TPSA) is 27.1 Å². The highest BCUT2D eigenvalue weighted by Crippen LogP contribution is 2.68. The molecule has 4 aliphatic carbocycles. The Morgan fingerprint density at radius 1 is 0.938 bits per heavy atom. The molecule has 180 valence electrons. The van der Waals surface area contributed by atoms with Gasteiger partial charge in [-0.3, -0.25) is 0 Å². The molecule has 3 nitrogen and oxygen atoms in total. The van der Waals surface area contributed by atoms with Crippen molar-refractivity contribution in [2.75, 3.05) is 0 Å². The van der Waals surface area contributed by atoms with Crippen molar-refractivity contribution in [2.24, 2.45) is 34.5 Å². The second-order valence-electron chi connectivity index (χ2n) is 14.7. The molecule has 1 heterocycles. The van der Waals surface area contributed by atoms with E-state index in [9.17, 15) is 0 Å². The fourth-order valence-electron chi connectivity index (χ4n) is 8.97. The molecular formula is C27H48N2OSi2. The van der Waals surface area contributed by atoms with Gasteiger partial charge in [-0.15, -0.1) is 0 Å². The normalized spacial score (nSPS) is 43.9. The summed E-state index contributed by atoms with van der Waals surface area (Å²) in [4.78, 5) is 0. The molecular weight excluding hydrogens is 424 g/mol. The van der Waals surface area contributed by atoms with E-state index in [2.05, 4.69) is 70.6 Å². The van der Waals surface area contributed by atoms with Crippen molar-refractivity contribution in [3.8, 4) is 0 Å². The van der Waals surface area contributed by atoms with Gasteiger partial charge in [-0.1, -0.05) is 13.8 Å². The molecule has 3 fully saturated rings. The van der Waals surface area contributed by atoms with Crippen molar-refractivity contribution in [1.29, 1.82) is 0 Å². The van der Waals surface area contributed by atoms with Gasteiger partial charge in [0.1, 0.15) is 0 Å². The fraction of sp³-hybridized carbons (Fsp3) is 0.889. The summed E-state index contributed by atoms with van der Waals surface area (Å²) in [6.45, 7) is 22.2. The van der Waals surface area contributed by atoms with Crippen molar-refractivity contribution in [3.63, 3.8) is 0 Å². The minimum absolute atomic E-state index is 0.0864. The van der Waals surface area contributed by atoms with Crippen molar-refractivity contribution >= 4 is 16.6 Å². The molecule has 5 heteroatoms. The van der Waals surface area contributed by atoms with Crippen LogP contribution >= 0.6 is 0 Å². The van der Waals surface area contributed by atoms with Crippen LogP contribution in [0.2, 0.25) is 39.3 Å². The second-order valence-corrected chi connectivity index (χ2v) is 23.9. The van der Waals surface area contributed by atoms with Crippen LogP contribution in [-0.2, 0) is 17.3 Å². The van der Waals surface area contributed by atoms with Gasteiger partial charge in [0, 0.05) is 6.20 Å². The van der Waals surface area contributed by atoms with Crippen LogP contribution in [-0.4, -0.2) is 31.6 Å². The molecule has 0 aromatic carbocycles. The van der Waals surface area contributed by atoms with Crippen LogP contribution in [0.25, 0.3) is 0 Å². The van der Waals surface area contributed by atoms with E-state index in [1.54, 1.807) is 5.56 Å². The predicted molar refractivity (Wildman–Crippen MR) is 139 cm³/mol. The average molecular weight is 473 g/mol. The van der Waals surface area contributed by atoms with E-state index in [0.29, 0.717) is 10.8 Å². The zero-order valence-electron chi connectivity index (χ0n) is 22.3. The molecule has 3 saturated carbocycles. The molecule has 4 aliphatic rings. The van der Waals surface area contributed by atoms with Gasteiger partial charge in [0.25, 0.3) is 0 Å². The molecule has 0 aliphatic heterocycles. The highest BCUT2D eigenvalue weighted by atomic mass is 28.4. The number of aromatic nitrogens is 2. The second kappa shape index (κ2) is 7.07. The smallest absolute Gasteiger partial charge is 0.184 e. The number of nitrogens with zero attached hydrogens (tertiary/aromatic N) is 2. The van der Waals surface area contributed by atoms with Crippen LogP contribution in [0.5, 0.6) is 0 Å². The van der Waals surface area contributed by atoms with E-state index < -0.39 is 16.6 Å². The fourth-order valence-corrected chi connectivity index (χ4v) is 11.6. The molecule has 0 spiro atoms. The minimum atomic E-state index is -1.56. The van der Waals surface area contributed by atoms with Crippen LogP contribution in [0.4, 0.5) is 0 Å². The third kappa shape index (κ3) is 3.38. The summed E-state index contributed by atoms with van der Waals surface area (Å²) in [5, 5.41) is 5.13. The zero-order chi connectivity index (χ0) is 23.3. The lowest BCUT2D eigenvalue weighted by atomic mass is 9.44. The Bertz CT molecular complexity index is 898. The molecule has 5 rings (SSSR count). The van der Waals surface area contributed by atoms with E-state index in [1.165, 1.54) is 57.1 Å². The Labute approximate surface area is 199 Å². The van der Waals surface area contributed by atoms with Crippen molar-refractivity contribution in [3.05, 3.63) is 17.5 Å². The summed E-state index contributed by atoms with van der Waals surface area (Å²) in [6, 6.07) is 0. The maximum Gasteiger partial charge on any atom is 0.184 e. The molecule has 0 bridgehead atoms. The molecule has 0 amide bonds. The standard InChI is InChI=1S/C27H48N2OSi2/c1-25-17-19-18-29(31(4,5)6)28-24(19)16-20(25)10-11-21-22(25)12-14-26(2)23(21)13-15-27(26,3)30-32(7,8)9/h18,20-23H,10-17H2,1-9H3/t20-,21?,22?,23?,25?,26?,27+/m0/s1. The Morgan fingerprint density at radius 2 is 1.62 bits per heavy atom. The van der Waals surface area contributed by atoms with Crippen LogP contribution in [0.1, 0.15) is 70.6 Å². The molecule has 1 aromatic rings. The Morgan fingerprint density at radius 3 is 2.28 bits per heavy atom. The van der Waals surface area contributed by atoms with Crippen LogP contribution < -0.4 is 0 Å². The molecule has 7 atom stereocenters. The molecule has 1 aromatic heterocycles. The van der Waals surface area contributed by atoms with E-state index in [1.807, 2.05) is 0 Å². The Kier molecular flexibility index (Phi) is 5.16. The van der Waals surface area contributed by atoms with Crippen molar-refractivity contribution < 1.29 is 4.43 Å². The Hall–Kier alpha value is -0.396. The SMILES string of the molecule is CC12Cc3cn([Si](C)(C)C)nc3C[C@@H]1CCC1C2CCC2(C)C1CC[C@@]2(C)O[Si](C)(C)C. The Balaban J connectivity index is 1.44. The number of fused-ring (bicyclic) bond motifs is 6. The number of rotatable bonds is 3. The third-order valence-corrected chi connectivity index (χ3v) is 13.4. The van der Waals surface area contributed by atoms with Gasteiger partial charge in [-0.25, -0.2) is 0 Å². The van der Waals surface area contributed by atoms with Gasteiger partial charge in [0.2, 0.25) is 0 Å². The van der Waals surface area contributed by atoms with Gasteiger partial charge in [0.05, 0.1) is 11.3 Å².